The van der Waals surface area contributed by atoms with E-state index in [4.69, 9.17) is 0 Å². The first-order valence-corrected chi connectivity index (χ1v) is 8.68. The van der Waals surface area contributed by atoms with Crippen molar-refractivity contribution >= 4 is 17.7 Å². The highest BCUT2D eigenvalue weighted by Gasteiger charge is 2.26. The van der Waals surface area contributed by atoms with E-state index in [0.29, 0.717) is 5.16 Å². The van der Waals surface area contributed by atoms with E-state index >= 15 is 0 Å². The summed E-state index contributed by atoms with van der Waals surface area (Å²) in [5, 5.41) is 8.88. The molecule has 1 amide bonds. The van der Waals surface area contributed by atoms with Gasteiger partial charge in [-0.3, -0.25) is 9.78 Å². The van der Waals surface area contributed by atoms with Gasteiger partial charge in [0.1, 0.15) is 5.25 Å². The van der Waals surface area contributed by atoms with Crippen LogP contribution in [0.2, 0.25) is 0 Å². The lowest BCUT2D eigenvalue weighted by Crippen LogP contribution is -2.26. The number of aromatic nitrogens is 4. The van der Waals surface area contributed by atoms with Crippen LogP contribution >= 0.6 is 11.8 Å². The Bertz CT molecular complexity index is 848. The van der Waals surface area contributed by atoms with Gasteiger partial charge in [-0.2, -0.15) is 0 Å². The Morgan fingerprint density at radius 3 is 2.40 bits per heavy atom. The summed E-state index contributed by atoms with van der Waals surface area (Å²) >= 11 is 1.40. The first kappa shape index (κ1) is 17.2. The molecule has 0 saturated heterocycles. The number of pyridine rings is 1. The summed E-state index contributed by atoms with van der Waals surface area (Å²) in [4.78, 5) is 18.3. The number of thioether (sulfide) groups is 1. The molecule has 6 nitrogen and oxygen atoms in total. The molecule has 0 N–H and O–H groups in total. The maximum atomic E-state index is 12.7. The van der Waals surface area contributed by atoms with Crippen molar-refractivity contribution in [2.45, 2.75) is 10.4 Å². The van der Waals surface area contributed by atoms with Crippen molar-refractivity contribution < 1.29 is 4.79 Å². The number of benzene rings is 1. The van der Waals surface area contributed by atoms with Gasteiger partial charge in [-0.15, -0.1) is 10.2 Å². The van der Waals surface area contributed by atoms with Crippen LogP contribution in [0.5, 0.6) is 0 Å². The predicted octanol–water partition coefficient (Wildman–Crippen LogP) is 2.80. The fourth-order valence-electron chi connectivity index (χ4n) is 2.40. The van der Waals surface area contributed by atoms with Gasteiger partial charge < -0.3 is 9.47 Å². The molecule has 2 aromatic heterocycles. The molecule has 25 heavy (non-hydrogen) atoms. The Morgan fingerprint density at radius 2 is 1.76 bits per heavy atom. The van der Waals surface area contributed by atoms with E-state index in [1.807, 2.05) is 54.1 Å². The number of likely N-dealkylation sites (N-methyl/N-ethyl adjacent to an activating group) is 1. The molecular weight excluding hydrogens is 334 g/mol. The Morgan fingerprint density at radius 1 is 1.08 bits per heavy atom. The lowest BCUT2D eigenvalue weighted by molar-refractivity contribution is -0.128. The topological polar surface area (TPSA) is 63.9 Å². The van der Waals surface area contributed by atoms with Gasteiger partial charge in [0, 0.05) is 39.1 Å². The molecule has 0 unspecified atom stereocenters. The molecule has 3 aromatic rings. The molecule has 0 radical (unpaired) electrons. The monoisotopic (exact) mass is 353 g/mol. The Balaban J connectivity index is 1.93. The second-order valence-electron chi connectivity index (χ2n) is 5.74. The van der Waals surface area contributed by atoms with Crippen molar-refractivity contribution in [3.05, 3.63) is 60.4 Å². The van der Waals surface area contributed by atoms with Crippen molar-refractivity contribution in [3.8, 4) is 11.4 Å². The number of carbonyl (C=O) groups is 1. The van der Waals surface area contributed by atoms with Crippen LogP contribution in [0.1, 0.15) is 10.8 Å². The Kier molecular flexibility index (Phi) is 5.14. The molecule has 0 fully saturated rings. The van der Waals surface area contributed by atoms with E-state index in [1.54, 1.807) is 31.4 Å². The first-order valence-electron chi connectivity index (χ1n) is 7.80. The maximum absolute atomic E-state index is 12.7. The quantitative estimate of drug-likeness (QED) is 0.660. The largest absolute Gasteiger partial charge is 0.348 e. The minimum atomic E-state index is -0.371. The molecule has 7 heteroatoms. The van der Waals surface area contributed by atoms with Crippen molar-refractivity contribution in [1.29, 1.82) is 0 Å². The average molecular weight is 353 g/mol. The van der Waals surface area contributed by atoms with Gasteiger partial charge in [0.05, 0.1) is 0 Å². The van der Waals surface area contributed by atoms with Gasteiger partial charge in [0.25, 0.3) is 0 Å². The van der Waals surface area contributed by atoms with Crippen LogP contribution in [-0.2, 0) is 11.8 Å². The lowest BCUT2D eigenvalue weighted by Gasteiger charge is -2.20. The molecule has 0 aliphatic carbocycles. The second kappa shape index (κ2) is 7.48. The lowest BCUT2D eigenvalue weighted by atomic mass is 10.1. The number of nitrogens with zero attached hydrogens (tertiary/aromatic N) is 5. The number of hydrogen-bond donors (Lipinski definition) is 0. The summed E-state index contributed by atoms with van der Waals surface area (Å²) in [7, 11) is 5.43. The van der Waals surface area contributed by atoms with E-state index in [1.165, 1.54) is 11.8 Å². The highest BCUT2D eigenvalue weighted by atomic mass is 32.2. The third-order valence-corrected chi connectivity index (χ3v) is 5.04. The maximum Gasteiger partial charge on any atom is 0.240 e. The van der Waals surface area contributed by atoms with Crippen molar-refractivity contribution in [2.24, 2.45) is 7.05 Å². The van der Waals surface area contributed by atoms with E-state index in [-0.39, 0.29) is 11.2 Å². The van der Waals surface area contributed by atoms with E-state index in [2.05, 4.69) is 15.2 Å². The zero-order valence-electron chi connectivity index (χ0n) is 14.3. The van der Waals surface area contributed by atoms with Crippen molar-refractivity contribution in [3.63, 3.8) is 0 Å². The summed E-state index contributed by atoms with van der Waals surface area (Å²) < 4.78 is 1.90. The first-order chi connectivity index (χ1) is 12.1. The summed E-state index contributed by atoms with van der Waals surface area (Å²) in [6.07, 6.45) is 3.44. The van der Waals surface area contributed by atoms with Crippen LogP contribution in [0.4, 0.5) is 0 Å². The molecule has 1 atom stereocenters. The number of hydrogen-bond acceptors (Lipinski definition) is 5. The third kappa shape index (κ3) is 3.71. The van der Waals surface area contributed by atoms with Crippen LogP contribution < -0.4 is 0 Å². The standard InChI is InChI=1S/C18H19N5OS/c1-22(2)17(24)15(13-7-5-4-6-8-13)25-18-21-20-16(23(18)3)14-9-11-19-12-10-14/h4-12,15H,1-3H3/t15-/m1/s1. The van der Waals surface area contributed by atoms with Gasteiger partial charge in [-0.1, -0.05) is 42.1 Å². The number of amides is 1. The molecule has 0 saturated carbocycles. The molecular formula is C18H19N5OS. The zero-order valence-corrected chi connectivity index (χ0v) is 15.1. The Labute approximate surface area is 150 Å². The smallest absolute Gasteiger partial charge is 0.240 e. The molecule has 0 spiro atoms. The fraction of sp³-hybridized carbons (Fsp3) is 0.222. The third-order valence-electron chi connectivity index (χ3n) is 3.76. The van der Waals surface area contributed by atoms with Crippen LogP contribution in [-0.4, -0.2) is 44.7 Å². The molecule has 0 bridgehead atoms. The van der Waals surface area contributed by atoms with Crippen LogP contribution in [0, 0.1) is 0 Å². The SMILES string of the molecule is CN(C)C(=O)[C@H](Sc1nnc(-c2ccncc2)n1C)c1ccccc1. The second-order valence-corrected chi connectivity index (χ2v) is 6.81. The van der Waals surface area contributed by atoms with E-state index in [9.17, 15) is 4.79 Å². The predicted molar refractivity (Wildman–Crippen MR) is 98.0 cm³/mol. The summed E-state index contributed by atoms with van der Waals surface area (Å²) in [6, 6.07) is 13.5. The van der Waals surface area contributed by atoms with Crippen LogP contribution in [0.3, 0.4) is 0 Å². The minimum Gasteiger partial charge on any atom is -0.348 e. The van der Waals surface area contributed by atoms with Gasteiger partial charge in [-0.05, 0) is 17.7 Å². The molecule has 0 aliphatic heterocycles. The van der Waals surface area contributed by atoms with Gasteiger partial charge in [0.2, 0.25) is 5.91 Å². The average Bonchev–Trinajstić information content (AvgIpc) is 3.01. The summed E-state index contributed by atoms with van der Waals surface area (Å²) in [6.45, 7) is 0. The molecule has 128 valence electrons. The number of carbonyl (C=O) groups excluding carboxylic acids is 1. The molecule has 1 aromatic carbocycles. The minimum absolute atomic E-state index is 0.0182. The zero-order chi connectivity index (χ0) is 17.8. The normalized spacial score (nSPS) is 12.0. The fourth-order valence-corrected chi connectivity index (χ4v) is 3.55. The highest BCUT2D eigenvalue weighted by Crippen LogP contribution is 2.36. The van der Waals surface area contributed by atoms with Crippen molar-refractivity contribution in [1.82, 2.24) is 24.6 Å². The van der Waals surface area contributed by atoms with Crippen molar-refractivity contribution in [2.75, 3.05) is 14.1 Å². The van der Waals surface area contributed by atoms with Crippen LogP contribution in [0.25, 0.3) is 11.4 Å². The number of rotatable bonds is 5. The molecule has 2 heterocycles. The summed E-state index contributed by atoms with van der Waals surface area (Å²) in [5.74, 6) is 0.763. The van der Waals surface area contributed by atoms with E-state index in [0.717, 1.165) is 17.0 Å². The van der Waals surface area contributed by atoms with Gasteiger partial charge in [-0.25, -0.2) is 0 Å². The van der Waals surface area contributed by atoms with Gasteiger partial charge in [0.15, 0.2) is 11.0 Å². The summed E-state index contributed by atoms with van der Waals surface area (Å²) in [5.41, 5.74) is 1.88. The highest BCUT2D eigenvalue weighted by molar-refractivity contribution is 8.00. The van der Waals surface area contributed by atoms with Gasteiger partial charge >= 0.3 is 0 Å². The molecule has 0 aliphatic rings. The van der Waals surface area contributed by atoms with Crippen LogP contribution in [0.15, 0.2) is 60.0 Å². The molecule has 3 rings (SSSR count). The van der Waals surface area contributed by atoms with E-state index < -0.39 is 0 Å². The Hall–Kier alpha value is -2.67.